The van der Waals surface area contributed by atoms with Gasteiger partial charge in [0.25, 0.3) is 0 Å². The number of likely N-dealkylation sites (tertiary alicyclic amines) is 1. The molecule has 0 spiro atoms. The molecule has 7 atom stereocenters. The number of Topliss-reactive ketones (excluding diaryl/α,β-unsaturated/α-hetero) is 1. The Labute approximate surface area is 140 Å². The van der Waals surface area contributed by atoms with Crippen molar-refractivity contribution in [3.05, 3.63) is 0 Å². The molecule has 1 saturated heterocycles. The highest BCUT2D eigenvalue weighted by atomic mass is 16.2. The van der Waals surface area contributed by atoms with Crippen molar-refractivity contribution in [1.82, 2.24) is 4.90 Å². The van der Waals surface area contributed by atoms with Crippen molar-refractivity contribution < 1.29 is 9.59 Å². The molecule has 3 nitrogen and oxygen atoms in total. The van der Waals surface area contributed by atoms with Crippen LogP contribution in [0.5, 0.6) is 0 Å². The molecule has 1 amide bonds. The lowest BCUT2D eigenvalue weighted by molar-refractivity contribution is -0.158. The van der Waals surface area contributed by atoms with Crippen LogP contribution in [0.25, 0.3) is 0 Å². The molecule has 4 aliphatic rings. The monoisotopic (exact) mass is 317 g/mol. The summed E-state index contributed by atoms with van der Waals surface area (Å²) >= 11 is 0. The van der Waals surface area contributed by atoms with Crippen molar-refractivity contribution >= 4 is 11.7 Å². The normalized spacial score (nSPS) is 52.9. The van der Waals surface area contributed by atoms with E-state index in [0.717, 1.165) is 25.7 Å². The van der Waals surface area contributed by atoms with Crippen LogP contribution in [-0.4, -0.2) is 29.7 Å². The van der Waals surface area contributed by atoms with E-state index in [2.05, 4.69) is 25.7 Å². The SMILES string of the molecule is CC1C[C@H]2[C@@H]3CCC4N(C)C(=O)CC[C@]4(C)[C@@H]3CC[C@]2(C)C1=O. The topological polar surface area (TPSA) is 37.4 Å². The summed E-state index contributed by atoms with van der Waals surface area (Å²) in [6, 6.07) is 0.420. The van der Waals surface area contributed by atoms with Gasteiger partial charge in [0, 0.05) is 30.8 Å². The highest BCUT2D eigenvalue weighted by molar-refractivity contribution is 5.89. The van der Waals surface area contributed by atoms with Gasteiger partial charge in [-0.1, -0.05) is 20.8 Å². The molecule has 3 heteroatoms. The minimum atomic E-state index is -0.0554. The van der Waals surface area contributed by atoms with Crippen LogP contribution in [0.3, 0.4) is 0 Å². The van der Waals surface area contributed by atoms with Crippen molar-refractivity contribution in [2.45, 2.75) is 71.8 Å². The molecule has 3 saturated carbocycles. The third kappa shape index (κ3) is 1.88. The summed E-state index contributed by atoms with van der Waals surface area (Å²) in [5.74, 6) is 3.10. The predicted octanol–water partition coefficient (Wildman–Crippen LogP) is 3.66. The number of fused-ring (bicyclic) bond motifs is 5. The van der Waals surface area contributed by atoms with E-state index in [1.54, 1.807) is 0 Å². The van der Waals surface area contributed by atoms with E-state index in [1.807, 2.05) is 7.05 Å². The Kier molecular flexibility index (Phi) is 3.29. The number of hydrogen-bond acceptors (Lipinski definition) is 2. The molecule has 0 radical (unpaired) electrons. The fourth-order valence-electron chi connectivity index (χ4n) is 7.26. The van der Waals surface area contributed by atoms with Gasteiger partial charge in [-0.15, -0.1) is 0 Å². The summed E-state index contributed by atoms with van der Waals surface area (Å²) in [4.78, 5) is 26.9. The van der Waals surface area contributed by atoms with Crippen molar-refractivity contribution in [3.8, 4) is 0 Å². The maximum atomic E-state index is 12.7. The number of carbonyl (C=O) groups is 2. The molecule has 0 aromatic rings. The second-order valence-electron chi connectivity index (χ2n) is 9.44. The number of carbonyl (C=O) groups excluding carboxylic acids is 2. The third-order valence-corrected chi connectivity index (χ3v) is 8.56. The average Bonchev–Trinajstić information content (AvgIpc) is 2.75. The van der Waals surface area contributed by atoms with Crippen LogP contribution in [0.15, 0.2) is 0 Å². The van der Waals surface area contributed by atoms with Crippen LogP contribution < -0.4 is 0 Å². The van der Waals surface area contributed by atoms with E-state index in [1.165, 1.54) is 12.8 Å². The smallest absolute Gasteiger partial charge is 0.222 e. The van der Waals surface area contributed by atoms with Gasteiger partial charge in [-0.05, 0) is 61.7 Å². The quantitative estimate of drug-likeness (QED) is 0.683. The van der Waals surface area contributed by atoms with Gasteiger partial charge < -0.3 is 4.90 Å². The number of nitrogens with zero attached hydrogens (tertiary/aromatic N) is 1. The summed E-state index contributed by atoms with van der Waals surface area (Å²) in [6.45, 7) is 6.84. The first-order valence-electron chi connectivity index (χ1n) is 9.59. The lowest BCUT2D eigenvalue weighted by Crippen LogP contribution is -2.61. The Hall–Kier alpha value is -0.860. The van der Waals surface area contributed by atoms with Crippen LogP contribution in [0, 0.1) is 34.5 Å². The summed E-state index contributed by atoms with van der Waals surface area (Å²) in [5, 5.41) is 0. The van der Waals surface area contributed by atoms with Gasteiger partial charge in [0.05, 0.1) is 0 Å². The number of hydrogen-bond donors (Lipinski definition) is 0. The molecule has 1 aliphatic heterocycles. The highest BCUT2D eigenvalue weighted by Gasteiger charge is 2.62. The molecule has 0 bridgehead atoms. The van der Waals surface area contributed by atoms with Crippen molar-refractivity contribution in [1.29, 1.82) is 0 Å². The zero-order valence-corrected chi connectivity index (χ0v) is 15.1. The molecule has 23 heavy (non-hydrogen) atoms. The van der Waals surface area contributed by atoms with Gasteiger partial charge >= 0.3 is 0 Å². The third-order valence-electron chi connectivity index (χ3n) is 8.56. The van der Waals surface area contributed by atoms with E-state index in [4.69, 9.17) is 0 Å². The van der Waals surface area contributed by atoms with Gasteiger partial charge in [0.2, 0.25) is 5.91 Å². The molecule has 128 valence electrons. The number of amides is 1. The summed E-state index contributed by atoms with van der Waals surface area (Å²) < 4.78 is 0. The fraction of sp³-hybridized carbons (Fsp3) is 0.900. The van der Waals surface area contributed by atoms with E-state index in [0.29, 0.717) is 41.9 Å². The second kappa shape index (κ2) is 4.83. The molecule has 2 unspecified atom stereocenters. The van der Waals surface area contributed by atoms with Crippen molar-refractivity contribution in [2.75, 3.05) is 7.05 Å². The first-order valence-corrected chi connectivity index (χ1v) is 9.59. The fourth-order valence-corrected chi connectivity index (χ4v) is 7.26. The average molecular weight is 317 g/mol. The molecule has 3 aliphatic carbocycles. The van der Waals surface area contributed by atoms with Crippen molar-refractivity contribution in [2.24, 2.45) is 34.5 Å². The van der Waals surface area contributed by atoms with Gasteiger partial charge in [0.1, 0.15) is 5.78 Å². The zero-order chi connectivity index (χ0) is 16.6. The summed E-state index contributed by atoms with van der Waals surface area (Å²) in [7, 11) is 2.01. The van der Waals surface area contributed by atoms with E-state index in [-0.39, 0.29) is 16.7 Å². The summed E-state index contributed by atoms with van der Waals surface area (Å²) in [5.41, 5.74) is 0.210. The first kappa shape index (κ1) is 15.7. The van der Waals surface area contributed by atoms with Crippen LogP contribution in [0.2, 0.25) is 0 Å². The molecule has 0 N–H and O–H groups in total. The molecule has 1 heterocycles. The Balaban J connectivity index is 1.67. The van der Waals surface area contributed by atoms with E-state index in [9.17, 15) is 9.59 Å². The van der Waals surface area contributed by atoms with Crippen molar-refractivity contribution in [3.63, 3.8) is 0 Å². The Morgan fingerprint density at radius 2 is 1.78 bits per heavy atom. The number of ketones is 1. The molecule has 4 fully saturated rings. The molecule has 0 aromatic carbocycles. The van der Waals surface area contributed by atoms with Gasteiger partial charge in [-0.3, -0.25) is 9.59 Å². The van der Waals surface area contributed by atoms with E-state index >= 15 is 0 Å². The van der Waals surface area contributed by atoms with Crippen LogP contribution in [0.4, 0.5) is 0 Å². The van der Waals surface area contributed by atoms with Crippen LogP contribution in [-0.2, 0) is 9.59 Å². The lowest BCUT2D eigenvalue weighted by Gasteiger charge is -2.61. The van der Waals surface area contributed by atoms with E-state index < -0.39 is 0 Å². The molecular formula is C20H31NO2. The zero-order valence-electron chi connectivity index (χ0n) is 15.1. The maximum absolute atomic E-state index is 12.7. The first-order chi connectivity index (χ1) is 10.8. The maximum Gasteiger partial charge on any atom is 0.222 e. The molecule has 0 aromatic heterocycles. The largest absolute Gasteiger partial charge is 0.342 e. The minimum Gasteiger partial charge on any atom is -0.342 e. The second-order valence-corrected chi connectivity index (χ2v) is 9.44. The summed E-state index contributed by atoms with van der Waals surface area (Å²) in [6.07, 6.45) is 7.47. The van der Waals surface area contributed by atoms with Gasteiger partial charge in [0.15, 0.2) is 0 Å². The number of rotatable bonds is 0. The van der Waals surface area contributed by atoms with Gasteiger partial charge in [-0.2, -0.15) is 0 Å². The standard InChI is InChI=1S/C20H31NO2/c1-12-11-15-13-5-6-16-19(2,10-8-17(22)21(16)4)14(13)7-9-20(15,3)18(12)23/h12-16H,5-11H2,1-4H3/t12?,13-,14-,15+,16?,19-,20+/m1/s1. The van der Waals surface area contributed by atoms with Crippen LogP contribution >= 0.6 is 0 Å². The Morgan fingerprint density at radius 1 is 1.04 bits per heavy atom. The Morgan fingerprint density at radius 3 is 2.52 bits per heavy atom. The predicted molar refractivity (Wildman–Crippen MR) is 89.7 cm³/mol. The minimum absolute atomic E-state index is 0.0554. The Bertz CT molecular complexity index is 558. The number of piperidine rings is 1. The van der Waals surface area contributed by atoms with Crippen LogP contribution in [0.1, 0.15) is 65.7 Å². The lowest BCUT2D eigenvalue weighted by atomic mass is 9.47. The molecule has 4 rings (SSSR count). The highest BCUT2D eigenvalue weighted by Crippen LogP contribution is 2.64. The van der Waals surface area contributed by atoms with Gasteiger partial charge in [-0.25, -0.2) is 0 Å². The molecular weight excluding hydrogens is 286 g/mol.